The van der Waals surface area contributed by atoms with Gasteiger partial charge in [-0.25, -0.2) is 4.79 Å². The minimum Gasteiger partial charge on any atom is -0.444 e. The van der Waals surface area contributed by atoms with Gasteiger partial charge in [0.25, 0.3) is 0 Å². The number of hydrogen-bond donors (Lipinski definition) is 0. The van der Waals surface area contributed by atoms with Gasteiger partial charge in [0, 0.05) is 18.5 Å². The third kappa shape index (κ3) is 4.03. The van der Waals surface area contributed by atoms with Crippen LogP contribution < -0.4 is 0 Å². The summed E-state index contributed by atoms with van der Waals surface area (Å²) in [7, 11) is 0. The highest BCUT2D eigenvalue weighted by Gasteiger charge is 2.48. The van der Waals surface area contributed by atoms with E-state index in [0.29, 0.717) is 11.5 Å². The summed E-state index contributed by atoms with van der Waals surface area (Å²) >= 11 is 0. The van der Waals surface area contributed by atoms with Gasteiger partial charge in [-0.3, -0.25) is 4.90 Å². The number of piperidine rings is 1. The predicted molar refractivity (Wildman–Crippen MR) is 90.8 cm³/mol. The number of rotatable bonds is 1. The van der Waals surface area contributed by atoms with Crippen molar-refractivity contribution in [3.8, 4) is 0 Å². The Kier molecular flexibility index (Phi) is 4.60. The van der Waals surface area contributed by atoms with E-state index in [9.17, 15) is 4.79 Å². The van der Waals surface area contributed by atoms with Crippen molar-refractivity contribution < 1.29 is 19.0 Å². The summed E-state index contributed by atoms with van der Waals surface area (Å²) in [5.74, 6) is -0.449. The molecule has 0 saturated carbocycles. The van der Waals surface area contributed by atoms with E-state index in [1.165, 1.54) is 0 Å². The Morgan fingerprint density at radius 2 is 1.62 bits per heavy atom. The second-order valence-electron chi connectivity index (χ2n) is 9.05. The zero-order valence-corrected chi connectivity index (χ0v) is 15.8. The lowest BCUT2D eigenvalue weighted by Crippen LogP contribution is -2.64. The van der Waals surface area contributed by atoms with Gasteiger partial charge in [-0.15, -0.1) is 0 Å². The van der Waals surface area contributed by atoms with Crippen LogP contribution in [0.5, 0.6) is 0 Å². The monoisotopic (exact) mass is 340 g/mol. The maximum absolute atomic E-state index is 12.1. The number of nitrogens with zero attached hydrogens (tertiary/aromatic N) is 2. The van der Waals surface area contributed by atoms with E-state index in [1.807, 2.05) is 39.5 Å². The van der Waals surface area contributed by atoms with Crippen LogP contribution in [-0.2, 0) is 14.2 Å². The molecule has 1 amide bonds. The summed E-state index contributed by atoms with van der Waals surface area (Å²) in [5.41, 5.74) is -0.124. The summed E-state index contributed by atoms with van der Waals surface area (Å²) in [6.45, 7) is 14.9. The smallest absolute Gasteiger partial charge is 0.410 e. The first-order valence-corrected chi connectivity index (χ1v) is 9.08. The van der Waals surface area contributed by atoms with E-state index in [-0.39, 0.29) is 6.09 Å². The molecule has 3 rings (SSSR count). The van der Waals surface area contributed by atoms with Gasteiger partial charge in [-0.1, -0.05) is 0 Å². The molecule has 138 valence electrons. The fourth-order valence-electron chi connectivity index (χ4n) is 3.79. The van der Waals surface area contributed by atoms with E-state index in [2.05, 4.69) is 4.90 Å². The quantitative estimate of drug-likeness (QED) is 0.734. The average Bonchev–Trinajstić information content (AvgIpc) is 2.43. The third-order valence-corrected chi connectivity index (χ3v) is 5.33. The maximum Gasteiger partial charge on any atom is 0.410 e. The summed E-state index contributed by atoms with van der Waals surface area (Å²) < 4.78 is 17.0. The van der Waals surface area contributed by atoms with E-state index in [1.54, 1.807) is 0 Å². The first-order chi connectivity index (χ1) is 11.1. The van der Waals surface area contributed by atoms with Crippen molar-refractivity contribution in [2.45, 2.75) is 64.9 Å². The van der Waals surface area contributed by atoms with Crippen LogP contribution in [0.15, 0.2) is 0 Å². The third-order valence-electron chi connectivity index (χ3n) is 5.33. The lowest BCUT2D eigenvalue weighted by molar-refractivity contribution is -0.265. The summed E-state index contributed by atoms with van der Waals surface area (Å²) in [6.07, 6.45) is 2.09. The molecule has 3 saturated heterocycles. The van der Waals surface area contributed by atoms with E-state index in [4.69, 9.17) is 14.2 Å². The molecular formula is C18H32N2O4. The number of hydrogen-bond acceptors (Lipinski definition) is 5. The van der Waals surface area contributed by atoms with Crippen LogP contribution in [0, 0.1) is 5.41 Å². The fourth-order valence-corrected chi connectivity index (χ4v) is 3.79. The van der Waals surface area contributed by atoms with E-state index in [0.717, 1.165) is 52.2 Å². The lowest BCUT2D eigenvalue weighted by atomic mass is 9.72. The van der Waals surface area contributed by atoms with Crippen LogP contribution in [0.3, 0.4) is 0 Å². The minimum absolute atomic E-state index is 0.174. The number of likely N-dealkylation sites (tertiary alicyclic amines) is 2. The summed E-state index contributed by atoms with van der Waals surface area (Å²) in [5, 5.41) is 0. The summed E-state index contributed by atoms with van der Waals surface area (Å²) in [4.78, 5) is 16.4. The Balaban J connectivity index is 1.43. The largest absolute Gasteiger partial charge is 0.444 e. The molecule has 0 aromatic rings. The highest BCUT2D eigenvalue weighted by atomic mass is 16.7. The molecule has 0 aromatic carbocycles. The lowest BCUT2D eigenvalue weighted by Gasteiger charge is -2.54. The van der Waals surface area contributed by atoms with Gasteiger partial charge < -0.3 is 19.1 Å². The molecule has 0 unspecified atom stereocenters. The predicted octanol–water partition coefficient (Wildman–Crippen LogP) is 2.47. The molecule has 3 aliphatic rings. The van der Waals surface area contributed by atoms with Gasteiger partial charge in [0.2, 0.25) is 0 Å². The van der Waals surface area contributed by atoms with Crippen molar-refractivity contribution in [1.82, 2.24) is 9.80 Å². The highest BCUT2D eigenvalue weighted by molar-refractivity contribution is 5.69. The molecule has 6 heteroatoms. The minimum atomic E-state index is -0.449. The Morgan fingerprint density at radius 1 is 1.08 bits per heavy atom. The van der Waals surface area contributed by atoms with Crippen LogP contribution in [-0.4, -0.2) is 72.7 Å². The van der Waals surface area contributed by atoms with Crippen LogP contribution in [0.25, 0.3) is 0 Å². The van der Waals surface area contributed by atoms with Gasteiger partial charge in [-0.2, -0.15) is 0 Å². The highest BCUT2D eigenvalue weighted by Crippen LogP contribution is 2.41. The second kappa shape index (κ2) is 6.15. The fraction of sp³-hybridized carbons (Fsp3) is 0.944. The molecule has 1 spiro atoms. The number of ether oxygens (including phenoxy) is 3. The molecule has 3 aliphatic heterocycles. The van der Waals surface area contributed by atoms with Gasteiger partial charge >= 0.3 is 6.09 Å². The topological polar surface area (TPSA) is 51.2 Å². The van der Waals surface area contributed by atoms with Crippen molar-refractivity contribution in [2.24, 2.45) is 5.41 Å². The van der Waals surface area contributed by atoms with E-state index >= 15 is 0 Å². The zero-order valence-electron chi connectivity index (χ0n) is 15.8. The SMILES string of the molecule is CC(C)(C)OC(=O)N1CC2(CCN(C3COC(C)(C)OC3)CC2)C1. The van der Waals surface area contributed by atoms with Crippen LogP contribution in [0.4, 0.5) is 4.79 Å². The normalized spacial score (nSPS) is 27.8. The Labute approximate surface area is 145 Å². The van der Waals surface area contributed by atoms with Gasteiger partial charge in [-0.05, 0) is 60.5 Å². The molecule has 0 aromatic heterocycles. The Morgan fingerprint density at radius 3 is 2.12 bits per heavy atom. The Hall–Kier alpha value is -0.850. The van der Waals surface area contributed by atoms with Gasteiger partial charge in [0.1, 0.15) is 5.60 Å². The zero-order chi connectivity index (χ0) is 17.6. The Bertz CT molecular complexity index is 460. The molecule has 3 fully saturated rings. The average molecular weight is 340 g/mol. The van der Waals surface area contributed by atoms with Crippen LogP contribution in [0.2, 0.25) is 0 Å². The number of carbonyl (C=O) groups excluding carboxylic acids is 1. The summed E-state index contributed by atoms with van der Waals surface area (Å²) in [6, 6.07) is 0.359. The first-order valence-electron chi connectivity index (χ1n) is 9.08. The van der Waals surface area contributed by atoms with Crippen molar-refractivity contribution >= 4 is 6.09 Å². The van der Waals surface area contributed by atoms with Crippen molar-refractivity contribution in [1.29, 1.82) is 0 Å². The van der Waals surface area contributed by atoms with Crippen LogP contribution in [0.1, 0.15) is 47.5 Å². The first kappa shape index (κ1) is 18.0. The number of amides is 1. The molecule has 0 aliphatic carbocycles. The molecular weight excluding hydrogens is 308 g/mol. The molecule has 0 radical (unpaired) electrons. The van der Waals surface area contributed by atoms with E-state index < -0.39 is 11.4 Å². The molecule has 0 N–H and O–H groups in total. The second-order valence-corrected chi connectivity index (χ2v) is 9.05. The van der Waals surface area contributed by atoms with Crippen molar-refractivity contribution in [3.63, 3.8) is 0 Å². The molecule has 6 nitrogen and oxygen atoms in total. The molecule has 0 atom stereocenters. The van der Waals surface area contributed by atoms with Gasteiger partial charge in [0.15, 0.2) is 5.79 Å². The standard InChI is InChI=1S/C18H32N2O4/c1-16(2,3)24-15(21)20-12-18(13-20)6-8-19(9-7-18)14-10-22-17(4,5)23-11-14/h14H,6-13H2,1-5H3. The maximum atomic E-state index is 12.1. The molecule has 24 heavy (non-hydrogen) atoms. The molecule has 0 bridgehead atoms. The van der Waals surface area contributed by atoms with Crippen LogP contribution >= 0.6 is 0 Å². The molecule has 3 heterocycles. The van der Waals surface area contributed by atoms with Crippen molar-refractivity contribution in [3.05, 3.63) is 0 Å². The number of carbonyl (C=O) groups is 1. The van der Waals surface area contributed by atoms with Crippen molar-refractivity contribution in [2.75, 3.05) is 39.4 Å². The van der Waals surface area contributed by atoms with Gasteiger partial charge in [0.05, 0.1) is 19.3 Å².